The number of anilines is 1. The van der Waals surface area contributed by atoms with Gasteiger partial charge < -0.3 is 15.8 Å². The van der Waals surface area contributed by atoms with Crippen LogP contribution in [-0.2, 0) is 4.74 Å². The maximum Gasteiger partial charge on any atom is 0.255 e. The topological polar surface area (TPSA) is 77.2 Å². The first-order valence-electron chi connectivity index (χ1n) is 5.81. The van der Waals surface area contributed by atoms with E-state index in [1.54, 1.807) is 12.3 Å². The van der Waals surface area contributed by atoms with Gasteiger partial charge in [0.15, 0.2) is 0 Å². The number of nitrogens with one attached hydrogen (secondary N) is 1. The lowest BCUT2D eigenvalue weighted by atomic mass is 10.2. The number of hydrogen-bond acceptors (Lipinski definition) is 4. The number of unbranched alkanes of at least 4 members (excludes halogenated alkanes) is 1. The van der Waals surface area contributed by atoms with Crippen LogP contribution in [0.1, 0.15) is 30.1 Å². The summed E-state index contributed by atoms with van der Waals surface area (Å²) in [6.45, 7) is 3.85. The number of nitrogens with two attached hydrogens (primary N) is 1. The molecule has 0 radical (unpaired) electrons. The van der Waals surface area contributed by atoms with Crippen molar-refractivity contribution >= 4 is 11.6 Å². The zero-order chi connectivity index (χ0) is 12.5. The number of nitrogen functional groups attached to an aromatic ring is 1. The largest absolute Gasteiger partial charge is 0.398 e. The quantitative estimate of drug-likeness (QED) is 0.699. The van der Waals surface area contributed by atoms with Crippen LogP contribution >= 0.6 is 0 Å². The number of amides is 1. The molecule has 17 heavy (non-hydrogen) atoms. The van der Waals surface area contributed by atoms with E-state index in [0.717, 1.165) is 19.4 Å². The van der Waals surface area contributed by atoms with Crippen LogP contribution in [0, 0.1) is 0 Å². The van der Waals surface area contributed by atoms with E-state index in [4.69, 9.17) is 10.5 Å². The van der Waals surface area contributed by atoms with E-state index in [0.29, 0.717) is 24.4 Å². The first-order valence-corrected chi connectivity index (χ1v) is 5.81. The predicted molar refractivity (Wildman–Crippen MR) is 66.7 cm³/mol. The maximum absolute atomic E-state index is 11.7. The van der Waals surface area contributed by atoms with Crippen molar-refractivity contribution < 1.29 is 9.53 Å². The van der Waals surface area contributed by atoms with Gasteiger partial charge in [0.1, 0.15) is 0 Å². The second-order valence-corrected chi connectivity index (χ2v) is 3.68. The molecule has 0 aliphatic rings. The normalized spacial score (nSPS) is 10.2. The van der Waals surface area contributed by atoms with E-state index in [9.17, 15) is 4.79 Å². The number of aromatic nitrogens is 1. The highest BCUT2D eigenvalue weighted by molar-refractivity contribution is 5.98. The lowest BCUT2D eigenvalue weighted by molar-refractivity contribution is 0.0913. The molecule has 0 spiro atoms. The van der Waals surface area contributed by atoms with Crippen molar-refractivity contribution in [3.63, 3.8) is 0 Å². The first kappa shape index (κ1) is 13.4. The third-order valence-corrected chi connectivity index (χ3v) is 2.27. The zero-order valence-corrected chi connectivity index (χ0v) is 10.1. The Kier molecular flexibility index (Phi) is 6.03. The molecule has 1 rings (SSSR count). The Morgan fingerprint density at radius 2 is 2.35 bits per heavy atom. The number of carbonyl (C=O) groups is 1. The van der Waals surface area contributed by atoms with E-state index in [2.05, 4.69) is 17.2 Å². The lowest BCUT2D eigenvalue weighted by Crippen LogP contribution is -2.28. The SMILES string of the molecule is CCCCOCCNC(=O)c1cnccc1N. The van der Waals surface area contributed by atoms with Crippen molar-refractivity contribution in [2.45, 2.75) is 19.8 Å². The minimum Gasteiger partial charge on any atom is -0.398 e. The zero-order valence-electron chi connectivity index (χ0n) is 10.1. The molecule has 5 heteroatoms. The van der Waals surface area contributed by atoms with E-state index >= 15 is 0 Å². The van der Waals surface area contributed by atoms with Gasteiger partial charge in [-0.3, -0.25) is 9.78 Å². The number of pyridine rings is 1. The van der Waals surface area contributed by atoms with Crippen LogP contribution in [0.25, 0.3) is 0 Å². The molecule has 94 valence electrons. The summed E-state index contributed by atoms with van der Waals surface area (Å²) >= 11 is 0. The van der Waals surface area contributed by atoms with Crippen LogP contribution in [-0.4, -0.2) is 30.6 Å². The average Bonchev–Trinajstić information content (AvgIpc) is 2.34. The maximum atomic E-state index is 11.7. The molecule has 0 aliphatic carbocycles. The van der Waals surface area contributed by atoms with Gasteiger partial charge in [0, 0.05) is 31.2 Å². The van der Waals surface area contributed by atoms with Crippen molar-refractivity contribution in [3.8, 4) is 0 Å². The van der Waals surface area contributed by atoms with E-state index < -0.39 is 0 Å². The Bertz CT molecular complexity index is 355. The molecule has 0 aliphatic heterocycles. The Labute approximate surface area is 101 Å². The highest BCUT2D eigenvalue weighted by Gasteiger charge is 2.08. The lowest BCUT2D eigenvalue weighted by Gasteiger charge is -2.07. The van der Waals surface area contributed by atoms with E-state index in [-0.39, 0.29) is 5.91 Å². The number of rotatable bonds is 7. The van der Waals surface area contributed by atoms with Crippen LogP contribution in [0.15, 0.2) is 18.5 Å². The smallest absolute Gasteiger partial charge is 0.255 e. The van der Waals surface area contributed by atoms with Crippen LogP contribution in [0.3, 0.4) is 0 Å². The Balaban J connectivity index is 2.24. The van der Waals surface area contributed by atoms with Crippen LogP contribution in [0.5, 0.6) is 0 Å². The summed E-state index contributed by atoms with van der Waals surface area (Å²) in [5.41, 5.74) is 6.50. The fraction of sp³-hybridized carbons (Fsp3) is 0.500. The predicted octanol–water partition coefficient (Wildman–Crippen LogP) is 1.21. The minimum atomic E-state index is -0.213. The summed E-state index contributed by atoms with van der Waals surface area (Å²) in [5.74, 6) is -0.213. The van der Waals surface area contributed by atoms with Gasteiger partial charge >= 0.3 is 0 Å². The van der Waals surface area contributed by atoms with Crippen LogP contribution in [0.2, 0.25) is 0 Å². The van der Waals surface area contributed by atoms with Crippen LogP contribution < -0.4 is 11.1 Å². The minimum absolute atomic E-state index is 0.213. The highest BCUT2D eigenvalue weighted by atomic mass is 16.5. The average molecular weight is 237 g/mol. The molecule has 3 N–H and O–H groups in total. The van der Waals surface area contributed by atoms with Crippen LogP contribution in [0.4, 0.5) is 5.69 Å². The van der Waals surface area contributed by atoms with Crippen molar-refractivity contribution in [1.29, 1.82) is 0 Å². The van der Waals surface area contributed by atoms with E-state index in [1.807, 2.05) is 0 Å². The Hall–Kier alpha value is -1.62. The van der Waals surface area contributed by atoms with E-state index in [1.165, 1.54) is 6.20 Å². The molecular weight excluding hydrogens is 218 g/mol. The van der Waals surface area contributed by atoms with Gasteiger partial charge in [-0.2, -0.15) is 0 Å². The molecule has 0 bridgehead atoms. The summed E-state index contributed by atoms with van der Waals surface area (Å²) < 4.78 is 5.33. The molecule has 0 aromatic carbocycles. The molecule has 1 amide bonds. The number of carbonyl (C=O) groups excluding carboxylic acids is 1. The van der Waals surface area contributed by atoms with Gasteiger partial charge in [-0.15, -0.1) is 0 Å². The van der Waals surface area contributed by atoms with Gasteiger partial charge in [0.25, 0.3) is 5.91 Å². The molecule has 0 atom stereocenters. The highest BCUT2D eigenvalue weighted by Crippen LogP contribution is 2.07. The third-order valence-electron chi connectivity index (χ3n) is 2.27. The third kappa shape index (κ3) is 4.82. The molecule has 1 heterocycles. The van der Waals surface area contributed by atoms with Gasteiger partial charge in [0.05, 0.1) is 12.2 Å². The van der Waals surface area contributed by atoms with Crippen molar-refractivity contribution in [2.75, 3.05) is 25.5 Å². The molecular formula is C12H19N3O2. The second-order valence-electron chi connectivity index (χ2n) is 3.68. The first-order chi connectivity index (χ1) is 8.25. The standard InChI is InChI=1S/C12H19N3O2/c1-2-3-7-17-8-6-15-12(16)10-9-14-5-4-11(10)13/h4-5,9H,2-3,6-8H2,1H3,(H2,13,14)(H,15,16). The van der Waals surface area contributed by atoms with Gasteiger partial charge in [-0.25, -0.2) is 0 Å². The molecule has 0 saturated carbocycles. The fourth-order valence-corrected chi connectivity index (χ4v) is 1.28. The number of nitrogens with zero attached hydrogens (tertiary/aromatic N) is 1. The summed E-state index contributed by atoms with van der Waals surface area (Å²) in [7, 11) is 0. The summed E-state index contributed by atoms with van der Waals surface area (Å²) in [6.07, 6.45) is 5.17. The summed E-state index contributed by atoms with van der Waals surface area (Å²) in [5, 5.41) is 2.73. The molecule has 5 nitrogen and oxygen atoms in total. The number of ether oxygens (including phenoxy) is 1. The molecule has 0 saturated heterocycles. The Morgan fingerprint density at radius 1 is 1.53 bits per heavy atom. The van der Waals surface area contributed by atoms with Crippen molar-refractivity contribution in [1.82, 2.24) is 10.3 Å². The summed E-state index contributed by atoms with van der Waals surface area (Å²) in [4.78, 5) is 15.5. The fourth-order valence-electron chi connectivity index (χ4n) is 1.28. The monoisotopic (exact) mass is 237 g/mol. The van der Waals surface area contributed by atoms with Gasteiger partial charge in [-0.1, -0.05) is 13.3 Å². The summed E-state index contributed by atoms with van der Waals surface area (Å²) in [6, 6.07) is 1.60. The Morgan fingerprint density at radius 3 is 3.06 bits per heavy atom. The second kappa shape index (κ2) is 7.62. The molecule has 0 unspecified atom stereocenters. The van der Waals surface area contributed by atoms with Gasteiger partial charge in [0.2, 0.25) is 0 Å². The van der Waals surface area contributed by atoms with Gasteiger partial charge in [-0.05, 0) is 12.5 Å². The molecule has 1 aromatic rings. The van der Waals surface area contributed by atoms with Crippen molar-refractivity contribution in [3.05, 3.63) is 24.0 Å². The molecule has 1 aromatic heterocycles. The van der Waals surface area contributed by atoms with Crippen molar-refractivity contribution in [2.24, 2.45) is 0 Å². The number of hydrogen-bond donors (Lipinski definition) is 2. The molecule has 0 fully saturated rings.